The third-order valence-electron chi connectivity index (χ3n) is 3.97. The standard InChI is InChI=1S/C18H18N2OS/c1-13-17(15-10-6-3-7-11-15)22-18(19)20(13)12-16(21)14-8-4-2-5-9-14/h2-11,13,17,19H,12H2,1H3. The molecule has 22 heavy (non-hydrogen) atoms. The fraction of sp³-hybridized carbons (Fsp3) is 0.222. The molecule has 2 atom stereocenters. The van der Waals surface area contributed by atoms with Crippen molar-refractivity contribution in [2.75, 3.05) is 6.54 Å². The first-order chi connectivity index (χ1) is 10.7. The first kappa shape index (κ1) is 14.9. The van der Waals surface area contributed by atoms with E-state index in [-0.39, 0.29) is 23.6 Å². The van der Waals surface area contributed by atoms with E-state index < -0.39 is 0 Å². The maximum atomic E-state index is 12.4. The van der Waals surface area contributed by atoms with Crippen LogP contribution in [0.25, 0.3) is 0 Å². The molecule has 1 aliphatic heterocycles. The normalized spacial score (nSPS) is 21.1. The van der Waals surface area contributed by atoms with E-state index in [4.69, 9.17) is 5.41 Å². The summed E-state index contributed by atoms with van der Waals surface area (Å²) in [5.74, 6) is 0.0616. The van der Waals surface area contributed by atoms with E-state index in [2.05, 4.69) is 19.1 Å². The van der Waals surface area contributed by atoms with Crippen LogP contribution >= 0.6 is 11.8 Å². The molecule has 2 unspecified atom stereocenters. The van der Waals surface area contributed by atoms with E-state index >= 15 is 0 Å². The van der Waals surface area contributed by atoms with Crippen LogP contribution in [0.15, 0.2) is 60.7 Å². The number of carbonyl (C=O) groups is 1. The number of hydrogen-bond acceptors (Lipinski definition) is 3. The molecule has 1 heterocycles. The van der Waals surface area contributed by atoms with Crippen molar-refractivity contribution in [2.45, 2.75) is 18.2 Å². The van der Waals surface area contributed by atoms with Crippen LogP contribution < -0.4 is 0 Å². The Kier molecular flexibility index (Phi) is 4.29. The number of hydrogen-bond donors (Lipinski definition) is 1. The average Bonchev–Trinajstić information content (AvgIpc) is 2.84. The molecule has 4 heteroatoms. The number of nitrogens with one attached hydrogen (secondary N) is 1. The zero-order chi connectivity index (χ0) is 15.5. The molecule has 112 valence electrons. The smallest absolute Gasteiger partial charge is 0.182 e. The van der Waals surface area contributed by atoms with Gasteiger partial charge in [0.05, 0.1) is 11.8 Å². The summed E-state index contributed by atoms with van der Waals surface area (Å²) < 4.78 is 0. The van der Waals surface area contributed by atoms with Crippen LogP contribution in [0.4, 0.5) is 0 Å². The van der Waals surface area contributed by atoms with Crippen molar-refractivity contribution < 1.29 is 4.79 Å². The highest BCUT2D eigenvalue weighted by Gasteiger charge is 2.37. The Bertz CT molecular complexity index is 672. The highest BCUT2D eigenvalue weighted by Crippen LogP contribution is 2.42. The third kappa shape index (κ3) is 2.92. The van der Waals surface area contributed by atoms with Gasteiger partial charge in [0.1, 0.15) is 0 Å². The number of carbonyl (C=O) groups excluding carboxylic acids is 1. The second kappa shape index (κ2) is 6.36. The third-order valence-corrected chi connectivity index (χ3v) is 5.34. The van der Waals surface area contributed by atoms with Crippen molar-refractivity contribution in [1.82, 2.24) is 4.90 Å². The highest BCUT2D eigenvalue weighted by atomic mass is 32.2. The number of thioether (sulfide) groups is 1. The van der Waals surface area contributed by atoms with Crippen LogP contribution in [0, 0.1) is 5.41 Å². The number of Topliss-reactive ketones (excluding diaryl/α,β-unsaturated/α-hetero) is 1. The van der Waals surface area contributed by atoms with Crippen LogP contribution in [0.1, 0.15) is 28.1 Å². The van der Waals surface area contributed by atoms with Gasteiger partial charge in [-0.05, 0) is 12.5 Å². The lowest BCUT2D eigenvalue weighted by atomic mass is 10.0. The maximum absolute atomic E-state index is 12.4. The summed E-state index contributed by atoms with van der Waals surface area (Å²) in [4.78, 5) is 14.3. The molecular formula is C18H18N2OS. The average molecular weight is 310 g/mol. The topological polar surface area (TPSA) is 44.2 Å². The van der Waals surface area contributed by atoms with Crippen LogP contribution in [0.3, 0.4) is 0 Å². The summed E-state index contributed by atoms with van der Waals surface area (Å²) in [5, 5.41) is 8.89. The Balaban J connectivity index is 1.75. The summed E-state index contributed by atoms with van der Waals surface area (Å²) >= 11 is 1.53. The zero-order valence-electron chi connectivity index (χ0n) is 12.4. The molecule has 3 rings (SSSR count). The molecule has 1 aliphatic rings. The first-order valence-corrected chi connectivity index (χ1v) is 8.20. The second-order valence-electron chi connectivity index (χ2n) is 5.41. The largest absolute Gasteiger partial charge is 0.340 e. The van der Waals surface area contributed by atoms with Crippen molar-refractivity contribution >= 4 is 22.7 Å². The van der Waals surface area contributed by atoms with Crippen LogP contribution in [-0.4, -0.2) is 28.4 Å². The minimum Gasteiger partial charge on any atom is -0.340 e. The number of benzene rings is 2. The van der Waals surface area contributed by atoms with Crippen molar-refractivity contribution in [2.24, 2.45) is 0 Å². The predicted octanol–water partition coefficient (Wildman–Crippen LogP) is 3.98. The maximum Gasteiger partial charge on any atom is 0.182 e. The summed E-state index contributed by atoms with van der Waals surface area (Å²) in [6, 6.07) is 19.6. The quantitative estimate of drug-likeness (QED) is 0.869. The molecule has 0 aliphatic carbocycles. The van der Waals surface area contributed by atoms with Crippen LogP contribution in [-0.2, 0) is 0 Å². The van der Waals surface area contributed by atoms with Crippen molar-refractivity contribution in [3.63, 3.8) is 0 Å². The van der Waals surface area contributed by atoms with E-state index in [9.17, 15) is 4.79 Å². The summed E-state index contributed by atoms with van der Waals surface area (Å²) in [6.45, 7) is 2.35. The summed E-state index contributed by atoms with van der Waals surface area (Å²) in [6.07, 6.45) is 0. The van der Waals surface area contributed by atoms with Crippen LogP contribution in [0.2, 0.25) is 0 Å². The van der Waals surface area contributed by atoms with Crippen molar-refractivity contribution in [3.05, 3.63) is 71.8 Å². The van der Waals surface area contributed by atoms with Crippen molar-refractivity contribution in [1.29, 1.82) is 5.41 Å². The van der Waals surface area contributed by atoms with Gasteiger partial charge in [0.15, 0.2) is 11.0 Å². The highest BCUT2D eigenvalue weighted by molar-refractivity contribution is 8.14. The molecule has 0 amide bonds. The molecule has 0 radical (unpaired) electrons. The Labute approximate surface area is 134 Å². The van der Waals surface area contributed by atoms with E-state index in [0.29, 0.717) is 10.7 Å². The Morgan fingerprint density at radius 2 is 1.68 bits per heavy atom. The molecule has 2 aromatic carbocycles. The molecule has 0 bridgehead atoms. The summed E-state index contributed by atoms with van der Waals surface area (Å²) in [5.41, 5.74) is 1.91. The molecule has 1 fully saturated rings. The van der Waals surface area contributed by atoms with Gasteiger partial charge in [0.25, 0.3) is 0 Å². The number of ketones is 1. The second-order valence-corrected chi connectivity index (χ2v) is 6.54. The monoisotopic (exact) mass is 310 g/mol. The lowest BCUT2D eigenvalue weighted by Crippen LogP contribution is -2.36. The van der Waals surface area contributed by atoms with Gasteiger partial charge in [-0.2, -0.15) is 0 Å². The van der Waals surface area contributed by atoms with E-state index in [1.807, 2.05) is 53.4 Å². The Hall–Kier alpha value is -2.07. The van der Waals surface area contributed by atoms with E-state index in [1.165, 1.54) is 17.3 Å². The molecule has 0 aromatic heterocycles. The lowest BCUT2D eigenvalue weighted by Gasteiger charge is -2.24. The molecule has 3 nitrogen and oxygen atoms in total. The van der Waals surface area contributed by atoms with Gasteiger partial charge in [-0.15, -0.1) is 0 Å². The SMILES string of the molecule is CC1C(c2ccccc2)SC(=N)N1CC(=O)c1ccccc1. The minimum absolute atomic E-state index is 0.0616. The van der Waals surface area contributed by atoms with Crippen LogP contribution in [0.5, 0.6) is 0 Å². The summed E-state index contributed by atoms with van der Waals surface area (Å²) in [7, 11) is 0. The van der Waals surface area contributed by atoms with Gasteiger partial charge < -0.3 is 4.90 Å². The lowest BCUT2D eigenvalue weighted by molar-refractivity contribution is 0.0953. The van der Waals surface area contributed by atoms with Gasteiger partial charge in [-0.25, -0.2) is 0 Å². The Morgan fingerprint density at radius 1 is 1.09 bits per heavy atom. The van der Waals surface area contributed by atoms with E-state index in [1.54, 1.807) is 0 Å². The molecule has 1 saturated heterocycles. The zero-order valence-corrected chi connectivity index (χ0v) is 13.2. The fourth-order valence-electron chi connectivity index (χ4n) is 2.71. The number of rotatable bonds is 4. The number of amidine groups is 1. The molecule has 2 aromatic rings. The van der Waals surface area contributed by atoms with Crippen molar-refractivity contribution in [3.8, 4) is 0 Å². The first-order valence-electron chi connectivity index (χ1n) is 7.32. The van der Waals surface area contributed by atoms with Gasteiger partial charge >= 0.3 is 0 Å². The van der Waals surface area contributed by atoms with Gasteiger partial charge in [-0.1, -0.05) is 72.4 Å². The fourth-order valence-corrected chi connectivity index (χ4v) is 3.95. The molecule has 0 spiro atoms. The van der Waals surface area contributed by atoms with Gasteiger partial charge in [-0.3, -0.25) is 10.2 Å². The molecule has 1 N–H and O–H groups in total. The molecular weight excluding hydrogens is 292 g/mol. The predicted molar refractivity (Wildman–Crippen MR) is 91.4 cm³/mol. The number of nitrogens with zero attached hydrogens (tertiary/aromatic N) is 1. The Morgan fingerprint density at radius 3 is 2.32 bits per heavy atom. The minimum atomic E-state index is 0.0616. The molecule has 0 saturated carbocycles. The van der Waals surface area contributed by atoms with E-state index in [0.717, 1.165) is 0 Å². The van der Waals surface area contributed by atoms with Gasteiger partial charge in [0, 0.05) is 11.6 Å². The van der Waals surface area contributed by atoms with Gasteiger partial charge in [0.2, 0.25) is 0 Å².